The van der Waals surface area contributed by atoms with Crippen LogP contribution in [0.1, 0.15) is 40.3 Å². The highest BCUT2D eigenvalue weighted by molar-refractivity contribution is 7.99. The normalized spacial score (nSPS) is 13.8. The van der Waals surface area contributed by atoms with Crippen molar-refractivity contribution in [1.82, 2.24) is 14.7 Å². The van der Waals surface area contributed by atoms with Crippen molar-refractivity contribution in [3.8, 4) is 0 Å². The van der Waals surface area contributed by atoms with Gasteiger partial charge in [-0.25, -0.2) is 4.98 Å². The van der Waals surface area contributed by atoms with Crippen molar-refractivity contribution >= 4 is 28.1 Å². The molecular formula is C15H25N3S2. The average Bonchev–Trinajstić information content (AvgIpc) is 2.91. The molecule has 2 heterocycles. The van der Waals surface area contributed by atoms with E-state index in [0.29, 0.717) is 17.1 Å². The van der Waals surface area contributed by atoms with Gasteiger partial charge in [-0.1, -0.05) is 34.6 Å². The maximum Gasteiger partial charge on any atom is 0.194 e. The molecule has 0 radical (unpaired) electrons. The van der Waals surface area contributed by atoms with Gasteiger partial charge in [0.25, 0.3) is 0 Å². The molecule has 2 aromatic rings. The lowest BCUT2D eigenvalue weighted by Gasteiger charge is -2.15. The van der Waals surface area contributed by atoms with Crippen LogP contribution in [0.5, 0.6) is 0 Å². The van der Waals surface area contributed by atoms with Gasteiger partial charge in [0.2, 0.25) is 0 Å². The van der Waals surface area contributed by atoms with Gasteiger partial charge in [0.05, 0.1) is 5.69 Å². The second-order valence-corrected chi connectivity index (χ2v) is 8.25. The van der Waals surface area contributed by atoms with Gasteiger partial charge in [-0.2, -0.15) is 0 Å². The molecule has 1 atom stereocenters. The Morgan fingerprint density at radius 1 is 1.30 bits per heavy atom. The van der Waals surface area contributed by atoms with E-state index in [0.717, 1.165) is 18.1 Å². The number of imidazole rings is 1. The molecule has 2 rings (SSSR count). The zero-order valence-corrected chi connectivity index (χ0v) is 14.6. The molecule has 0 aliphatic rings. The van der Waals surface area contributed by atoms with Crippen molar-refractivity contribution in [1.29, 1.82) is 0 Å². The lowest BCUT2D eigenvalue weighted by atomic mass is 10.2. The molecular weight excluding hydrogens is 286 g/mol. The molecule has 0 amide bonds. The van der Waals surface area contributed by atoms with E-state index < -0.39 is 0 Å². The monoisotopic (exact) mass is 311 g/mol. The molecule has 3 nitrogen and oxygen atoms in total. The van der Waals surface area contributed by atoms with E-state index in [9.17, 15) is 0 Å². The van der Waals surface area contributed by atoms with Crippen LogP contribution in [0.15, 0.2) is 16.6 Å². The molecule has 0 fully saturated rings. The molecule has 5 heteroatoms. The van der Waals surface area contributed by atoms with Gasteiger partial charge in [-0.3, -0.25) is 4.40 Å². The Hall–Kier alpha value is -0.520. The number of fused-ring (bicyclic) bond motifs is 1. The Bertz CT molecular complexity index is 542. The first-order valence-electron chi connectivity index (χ1n) is 7.30. The summed E-state index contributed by atoms with van der Waals surface area (Å²) in [6.07, 6.45) is 2.13. The quantitative estimate of drug-likeness (QED) is 0.774. The number of nitrogens with one attached hydrogen (secondary N) is 1. The van der Waals surface area contributed by atoms with Gasteiger partial charge in [0, 0.05) is 23.4 Å². The van der Waals surface area contributed by atoms with Crippen LogP contribution >= 0.6 is 23.1 Å². The third kappa shape index (κ3) is 3.77. The number of thioether (sulfide) groups is 1. The van der Waals surface area contributed by atoms with Crippen molar-refractivity contribution in [3.05, 3.63) is 17.3 Å². The Morgan fingerprint density at radius 3 is 2.70 bits per heavy atom. The summed E-state index contributed by atoms with van der Waals surface area (Å²) in [5.74, 6) is 1.34. The summed E-state index contributed by atoms with van der Waals surface area (Å²) in [4.78, 5) is 5.90. The Labute approximate surface area is 130 Å². The van der Waals surface area contributed by atoms with E-state index in [-0.39, 0.29) is 0 Å². The second-order valence-electron chi connectivity index (χ2n) is 6.01. The average molecular weight is 312 g/mol. The molecule has 112 valence electrons. The van der Waals surface area contributed by atoms with Crippen LogP contribution in [0.2, 0.25) is 0 Å². The topological polar surface area (TPSA) is 29.3 Å². The lowest BCUT2D eigenvalue weighted by molar-refractivity contribution is 0.544. The lowest BCUT2D eigenvalue weighted by Crippen LogP contribution is -2.20. The van der Waals surface area contributed by atoms with E-state index in [1.54, 1.807) is 11.3 Å². The molecule has 1 N–H and O–H groups in total. The zero-order chi connectivity index (χ0) is 14.7. The van der Waals surface area contributed by atoms with Crippen molar-refractivity contribution in [2.45, 2.75) is 51.4 Å². The van der Waals surface area contributed by atoms with E-state index in [1.165, 1.54) is 10.7 Å². The molecule has 0 saturated carbocycles. The maximum absolute atomic E-state index is 4.80. The highest BCUT2D eigenvalue weighted by Crippen LogP contribution is 2.31. The number of aromatic nitrogens is 2. The molecule has 1 unspecified atom stereocenters. The molecule has 0 saturated heterocycles. The largest absolute Gasteiger partial charge is 0.311 e. The molecule has 0 aliphatic heterocycles. The van der Waals surface area contributed by atoms with Crippen molar-refractivity contribution in [2.24, 2.45) is 11.8 Å². The number of hydrogen-bond donors (Lipinski definition) is 1. The van der Waals surface area contributed by atoms with Crippen molar-refractivity contribution < 1.29 is 0 Å². The standard InChI is InChI=1S/C15H25N3S2/c1-10(2)8-16-9-13-14(20-12(5)11(3)4)17-15-18(13)6-7-19-15/h6-7,10-12,16H,8-9H2,1-5H3. The fourth-order valence-corrected chi connectivity index (χ4v) is 3.72. The van der Waals surface area contributed by atoms with Gasteiger partial charge in [-0.15, -0.1) is 23.1 Å². The molecule has 0 aromatic carbocycles. The minimum atomic E-state index is 0.587. The van der Waals surface area contributed by atoms with Gasteiger partial charge in [-0.05, 0) is 18.4 Å². The summed E-state index contributed by atoms with van der Waals surface area (Å²) in [5, 5.41) is 7.42. The van der Waals surface area contributed by atoms with E-state index >= 15 is 0 Å². The molecule has 0 spiro atoms. The third-order valence-electron chi connectivity index (χ3n) is 3.41. The smallest absolute Gasteiger partial charge is 0.194 e. The van der Waals surface area contributed by atoms with Gasteiger partial charge in [0.1, 0.15) is 5.03 Å². The first kappa shape index (κ1) is 15.9. The summed E-state index contributed by atoms with van der Waals surface area (Å²) in [7, 11) is 0. The highest BCUT2D eigenvalue weighted by atomic mass is 32.2. The van der Waals surface area contributed by atoms with Crippen LogP contribution in [0.4, 0.5) is 0 Å². The number of thiazole rings is 1. The summed E-state index contributed by atoms with van der Waals surface area (Å²) in [6.45, 7) is 13.2. The fraction of sp³-hybridized carbons (Fsp3) is 0.667. The SMILES string of the molecule is CC(C)CNCc1c(SC(C)C(C)C)nc2sccn12. The number of nitrogens with zero attached hydrogens (tertiary/aromatic N) is 2. The van der Waals surface area contributed by atoms with Crippen LogP contribution < -0.4 is 5.32 Å². The van der Waals surface area contributed by atoms with Crippen molar-refractivity contribution in [3.63, 3.8) is 0 Å². The Balaban J connectivity index is 2.17. The van der Waals surface area contributed by atoms with Crippen LogP contribution in [-0.4, -0.2) is 21.2 Å². The molecule has 2 aromatic heterocycles. The molecule has 0 aliphatic carbocycles. The Kier molecular flexibility index (Phi) is 5.52. The highest BCUT2D eigenvalue weighted by Gasteiger charge is 2.17. The van der Waals surface area contributed by atoms with Crippen molar-refractivity contribution in [2.75, 3.05) is 6.54 Å². The summed E-state index contributed by atoms with van der Waals surface area (Å²) in [5.41, 5.74) is 1.31. The second kappa shape index (κ2) is 6.96. The molecule has 0 bridgehead atoms. The van der Waals surface area contributed by atoms with E-state index in [1.807, 2.05) is 11.8 Å². The van der Waals surface area contributed by atoms with E-state index in [4.69, 9.17) is 4.98 Å². The number of rotatable bonds is 7. The predicted octanol–water partition coefficient (Wildman–Crippen LogP) is 4.28. The molecule has 20 heavy (non-hydrogen) atoms. The predicted molar refractivity (Wildman–Crippen MR) is 89.8 cm³/mol. The summed E-state index contributed by atoms with van der Waals surface area (Å²) < 4.78 is 2.23. The van der Waals surface area contributed by atoms with Gasteiger partial charge >= 0.3 is 0 Å². The fourth-order valence-electron chi connectivity index (χ4n) is 1.86. The first-order chi connectivity index (χ1) is 9.49. The summed E-state index contributed by atoms with van der Waals surface area (Å²) in [6, 6.07) is 0. The maximum atomic E-state index is 4.80. The van der Waals surface area contributed by atoms with Crippen LogP contribution in [0.25, 0.3) is 4.96 Å². The van der Waals surface area contributed by atoms with Gasteiger partial charge in [0.15, 0.2) is 4.96 Å². The van der Waals surface area contributed by atoms with Gasteiger partial charge < -0.3 is 5.32 Å². The minimum absolute atomic E-state index is 0.587. The zero-order valence-electron chi connectivity index (χ0n) is 13.0. The van der Waals surface area contributed by atoms with Crippen LogP contribution in [0.3, 0.4) is 0 Å². The first-order valence-corrected chi connectivity index (χ1v) is 9.06. The van der Waals surface area contributed by atoms with Crippen LogP contribution in [0, 0.1) is 11.8 Å². The minimum Gasteiger partial charge on any atom is -0.311 e. The van der Waals surface area contributed by atoms with E-state index in [2.05, 4.69) is 55.9 Å². The number of hydrogen-bond acceptors (Lipinski definition) is 4. The Morgan fingerprint density at radius 2 is 2.05 bits per heavy atom. The summed E-state index contributed by atoms with van der Waals surface area (Å²) >= 11 is 3.61. The third-order valence-corrected chi connectivity index (χ3v) is 5.63. The van der Waals surface area contributed by atoms with Crippen LogP contribution in [-0.2, 0) is 6.54 Å².